The molecule has 1 saturated heterocycles. The van der Waals surface area contributed by atoms with Crippen molar-refractivity contribution in [1.29, 1.82) is 0 Å². The van der Waals surface area contributed by atoms with Crippen LogP contribution in [0.25, 0.3) is 0 Å². The van der Waals surface area contributed by atoms with Crippen molar-refractivity contribution in [2.24, 2.45) is 5.92 Å². The monoisotopic (exact) mass is 523 g/mol. The number of rotatable bonds is 11. The minimum atomic E-state index is -0.450. The molecule has 202 valence electrons. The highest BCUT2D eigenvalue weighted by atomic mass is 19.1. The van der Waals surface area contributed by atoms with Gasteiger partial charge in [0.25, 0.3) is 10.9 Å². The third-order valence-electron chi connectivity index (χ3n) is 7.70. The fourth-order valence-corrected chi connectivity index (χ4v) is 5.56. The molecule has 2 heterocycles. The first-order chi connectivity index (χ1) is 18.5. The molecule has 1 N–H and O–H groups in total. The summed E-state index contributed by atoms with van der Waals surface area (Å²) in [7, 11) is 3.21. The maximum absolute atomic E-state index is 13.0. The summed E-state index contributed by atoms with van der Waals surface area (Å²) in [5.74, 6) is 2.37. The van der Waals surface area contributed by atoms with Crippen molar-refractivity contribution >= 4 is 17.1 Å². The molecular formula is C29H34FN3O5. The van der Waals surface area contributed by atoms with E-state index in [1.165, 1.54) is 12.1 Å². The Labute approximate surface area is 221 Å². The van der Waals surface area contributed by atoms with Crippen molar-refractivity contribution in [2.75, 3.05) is 63.8 Å². The van der Waals surface area contributed by atoms with E-state index >= 15 is 0 Å². The van der Waals surface area contributed by atoms with E-state index in [9.17, 15) is 14.0 Å². The molecule has 2 aliphatic rings. The van der Waals surface area contributed by atoms with Crippen molar-refractivity contribution in [3.8, 4) is 17.2 Å². The SMILES string of the molecule is COc1ccc2c(c1OC)CCN2c1c(NCCN2CCC(CCOc3ccc(F)cc3)CC2)c(=O)c1=O. The van der Waals surface area contributed by atoms with Gasteiger partial charge in [-0.1, -0.05) is 0 Å². The second-order valence-electron chi connectivity index (χ2n) is 9.89. The fourth-order valence-electron chi connectivity index (χ4n) is 5.56. The van der Waals surface area contributed by atoms with Crippen molar-refractivity contribution < 1.29 is 18.6 Å². The largest absolute Gasteiger partial charge is 0.494 e. The van der Waals surface area contributed by atoms with Crippen molar-refractivity contribution in [3.63, 3.8) is 0 Å². The molecule has 0 atom stereocenters. The molecule has 9 heteroatoms. The average Bonchev–Trinajstić information content (AvgIpc) is 3.36. The van der Waals surface area contributed by atoms with E-state index in [4.69, 9.17) is 14.2 Å². The molecule has 0 radical (unpaired) electrons. The maximum atomic E-state index is 13.0. The van der Waals surface area contributed by atoms with Gasteiger partial charge in [-0.3, -0.25) is 9.59 Å². The summed E-state index contributed by atoms with van der Waals surface area (Å²) in [6.45, 7) is 4.62. The molecule has 2 aliphatic heterocycles. The standard InChI is InChI=1S/C29H34FN3O5/c1-36-24-8-7-23-22(29(24)37-2)11-16-33(23)26-25(27(34)28(26)35)31-13-17-32-14-9-19(10-15-32)12-18-38-21-5-3-20(30)4-6-21/h3-8,19,31H,9-18H2,1-2H3. The van der Waals surface area contributed by atoms with Crippen LogP contribution in [0.3, 0.4) is 0 Å². The number of likely N-dealkylation sites (tertiary alicyclic amines) is 1. The summed E-state index contributed by atoms with van der Waals surface area (Å²) in [4.78, 5) is 29.3. The van der Waals surface area contributed by atoms with Crippen LogP contribution in [0.2, 0.25) is 0 Å². The van der Waals surface area contributed by atoms with E-state index in [0.717, 1.165) is 50.1 Å². The molecule has 0 saturated carbocycles. The summed E-state index contributed by atoms with van der Waals surface area (Å²) in [5, 5.41) is 3.25. The first-order valence-electron chi connectivity index (χ1n) is 13.2. The van der Waals surface area contributed by atoms with E-state index in [0.29, 0.717) is 60.7 Å². The number of nitrogens with zero attached hydrogens (tertiary/aromatic N) is 2. The maximum Gasteiger partial charge on any atom is 0.253 e. The minimum Gasteiger partial charge on any atom is -0.494 e. The highest BCUT2D eigenvalue weighted by Gasteiger charge is 2.33. The van der Waals surface area contributed by atoms with Gasteiger partial charge < -0.3 is 29.3 Å². The van der Waals surface area contributed by atoms with Crippen LogP contribution in [0.15, 0.2) is 46.0 Å². The number of hydrogen-bond acceptors (Lipinski definition) is 8. The Balaban J connectivity index is 1.10. The van der Waals surface area contributed by atoms with Gasteiger partial charge in [0, 0.05) is 30.9 Å². The molecular weight excluding hydrogens is 489 g/mol. The van der Waals surface area contributed by atoms with Crippen LogP contribution in [-0.2, 0) is 6.42 Å². The topological polar surface area (TPSA) is 80.3 Å². The zero-order valence-corrected chi connectivity index (χ0v) is 21.9. The number of nitrogens with one attached hydrogen (secondary N) is 1. The van der Waals surface area contributed by atoms with E-state index in [1.54, 1.807) is 26.4 Å². The van der Waals surface area contributed by atoms with Gasteiger partial charge in [0.1, 0.15) is 22.9 Å². The number of ether oxygens (including phenoxy) is 3. The minimum absolute atomic E-state index is 0.261. The van der Waals surface area contributed by atoms with Crippen LogP contribution in [0.4, 0.5) is 21.5 Å². The number of benzene rings is 2. The molecule has 3 aromatic rings. The molecule has 0 spiro atoms. The number of hydrogen-bond donors (Lipinski definition) is 1. The lowest BCUT2D eigenvalue weighted by atomic mass is 9.94. The molecule has 0 amide bonds. The summed E-state index contributed by atoms with van der Waals surface area (Å²) < 4.78 is 29.7. The first-order valence-corrected chi connectivity index (χ1v) is 13.2. The second kappa shape index (κ2) is 11.4. The van der Waals surface area contributed by atoms with Gasteiger partial charge in [0.05, 0.1) is 20.8 Å². The van der Waals surface area contributed by atoms with Gasteiger partial charge in [0.15, 0.2) is 11.5 Å². The molecule has 1 fully saturated rings. The summed E-state index contributed by atoms with van der Waals surface area (Å²) in [5.41, 5.74) is 1.82. The summed E-state index contributed by atoms with van der Waals surface area (Å²) in [6, 6.07) is 9.87. The lowest BCUT2D eigenvalue weighted by Gasteiger charge is -2.32. The van der Waals surface area contributed by atoms with Gasteiger partial charge in [-0.25, -0.2) is 4.39 Å². The predicted molar refractivity (Wildman–Crippen MR) is 146 cm³/mol. The third kappa shape index (κ3) is 5.20. The molecule has 0 aliphatic carbocycles. The van der Waals surface area contributed by atoms with Gasteiger partial charge in [-0.15, -0.1) is 0 Å². The average molecular weight is 524 g/mol. The number of halogens is 1. The number of methoxy groups -OCH3 is 2. The molecule has 8 nitrogen and oxygen atoms in total. The molecule has 5 rings (SSSR count). The number of anilines is 3. The van der Waals surface area contributed by atoms with Crippen LogP contribution < -0.4 is 35.3 Å². The lowest BCUT2D eigenvalue weighted by Crippen LogP contribution is -2.42. The van der Waals surface area contributed by atoms with Gasteiger partial charge in [-0.2, -0.15) is 0 Å². The normalized spacial score (nSPS) is 16.0. The highest BCUT2D eigenvalue weighted by Crippen LogP contribution is 2.44. The second-order valence-corrected chi connectivity index (χ2v) is 9.89. The molecule has 3 aromatic carbocycles. The summed E-state index contributed by atoms with van der Waals surface area (Å²) >= 11 is 0. The quantitative estimate of drug-likeness (QED) is 0.381. The Kier molecular flexibility index (Phi) is 7.83. The van der Waals surface area contributed by atoms with Crippen LogP contribution in [0.5, 0.6) is 17.2 Å². The predicted octanol–water partition coefficient (Wildman–Crippen LogP) is 3.73. The van der Waals surface area contributed by atoms with E-state index in [-0.39, 0.29) is 5.82 Å². The molecule has 38 heavy (non-hydrogen) atoms. The zero-order chi connectivity index (χ0) is 26.6. The zero-order valence-electron chi connectivity index (χ0n) is 21.9. The Morgan fingerprint density at radius 2 is 1.74 bits per heavy atom. The third-order valence-corrected chi connectivity index (χ3v) is 7.70. The van der Waals surface area contributed by atoms with Gasteiger partial charge >= 0.3 is 0 Å². The first kappa shape index (κ1) is 26.0. The van der Waals surface area contributed by atoms with Crippen LogP contribution in [0, 0.1) is 11.7 Å². The summed E-state index contributed by atoms with van der Waals surface area (Å²) in [6.07, 6.45) is 3.87. The Hall–Kier alpha value is -3.59. The lowest BCUT2D eigenvalue weighted by molar-refractivity contribution is 0.167. The van der Waals surface area contributed by atoms with E-state index in [2.05, 4.69) is 10.2 Å². The fraction of sp³-hybridized carbons (Fsp3) is 0.448. The smallest absolute Gasteiger partial charge is 0.253 e. The van der Waals surface area contributed by atoms with Gasteiger partial charge in [0.2, 0.25) is 0 Å². The van der Waals surface area contributed by atoms with Crippen molar-refractivity contribution in [2.45, 2.75) is 25.7 Å². The Bertz CT molecular complexity index is 1330. The van der Waals surface area contributed by atoms with Gasteiger partial charge in [-0.05, 0) is 81.1 Å². The Morgan fingerprint density at radius 1 is 0.974 bits per heavy atom. The number of piperidine rings is 1. The van der Waals surface area contributed by atoms with Crippen LogP contribution in [0.1, 0.15) is 24.8 Å². The van der Waals surface area contributed by atoms with Crippen molar-refractivity contribution in [1.82, 2.24) is 4.90 Å². The van der Waals surface area contributed by atoms with E-state index < -0.39 is 10.9 Å². The highest BCUT2D eigenvalue weighted by molar-refractivity contribution is 5.84. The number of fused-ring (bicyclic) bond motifs is 1. The molecule has 0 aromatic heterocycles. The van der Waals surface area contributed by atoms with Crippen LogP contribution >= 0.6 is 0 Å². The molecule has 0 bridgehead atoms. The van der Waals surface area contributed by atoms with Crippen molar-refractivity contribution in [3.05, 3.63) is 68.2 Å². The Morgan fingerprint density at radius 3 is 2.45 bits per heavy atom. The van der Waals surface area contributed by atoms with E-state index in [1.807, 2.05) is 17.0 Å². The van der Waals surface area contributed by atoms with Crippen LogP contribution in [-0.4, -0.2) is 58.5 Å². The molecule has 0 unspecified atom stereocenters.